The maximum Gasteiger partial charge on any atom is 0.140 e. The van der Waals surface area contributed by atoms with Crippen molar-refractivity contribution in [1.82, 2.24) is 0 Å². The van der Waals surface area contributed by atoms with Crippen molar-refractivity contribution >= 4 is 0 Å². The van der Waals surface area contributed by atoms with Crippen molar-refractivity contribution in [3.8, 4) is 6.07 Å². The Morgan fingerprint density at radius 3 is 2.12 bits per heavy atom. The van der Waals surface area contributed by atoms with Gasteiger partial charge < -0.3 is 0 Å². The van der Waals surface area contributed by atoms with Crippen molar-refractivity contribution in [3.05, 3.63) is 36.2 Å². The van der Waals surface area contributed by atoms with Gasteiger partial charge in [-0.2, -0.15) is 5.26 Å². The molecule has 0 aromatic rings. The summed E-state index contributed by atoms with van der Waals surface area (Å²) in [7, 11) is 0. The van der Waals surface area contributed by atoms with Crippen molar-refractivity contribution in [1.29, 1.82) is 5.26 Å². The van der Waals surface area contributed by atoms with E-state index in [1.54, 1.807) is 6.07 Å². The molecule has 2 rings (SSSR count). The lowest BCUT2D eigenvalue weighted by molar-refractivity contribution is 0.148. The van der Waals surface area contributed by atoms with Crippen LogP contribution in [0.1, 0.15) is 71.1 Å². The van der Waals surface area contributed by atoms with Gasteiger partial charge in [-0.1, -0.05) is 51.3 Å². The second kappa shape index (κ2) is 9.21. The van der Waals surface area contributed by atoms with Gasteiger partial charge in [0, 0.05) is 0 Å². The standard InChI is InChI=1S/C22H32FN/c1-16-5-10-20(11-6-16)21-12-8-19(9-13-21)7-4-17(2)14-22(23)18(3)15-24/h14,16,19-21H,2-13H2,1H3/b22-14+. The fourth-order valence-electron chi connectivity index (χ4n) is 4.49. The van der Waals surface area contributed by atoms with E-state index in [0.717, 1.165) is 42.1 Å². The lowest BCUT2D eigenvalue weighted by Crippen LogP contribution is -2.25. The van der Waals surface area contributed by atoms with E-state index < -0.39 is 5.83 Å². The molecular formula is C22H32FN. The number of nitrogens with zero attached hydrogens (tertiary/aromatic N) is 1. The molecule has 24 heavy (non-hydrogen) atoms. The highest BCUT2D eigenvalue weighted by molar-refractivity contribution is 5.38. The summed E-state index contributed by atoms with van der Waals surface area (Å²) in [4.78, 5) is 0. The number of allylic oxidation sites excluding steroid dienone is 4. The Balaban J connectivity index is 1.69. The Labute approximate surface area is 147 Å². The maximum absolute atomic E-state index is 13.6. The molecule has 0 atom stereocenters. The summed E-state index contributed by atoms with van der Waals surface area (Å²) in [6, 6.07) is 1.74. The van der Waals surface area contributed by atoms with Gasteiger partial charge in [0.25, 0.3) is 0 Å². The summed E-state index contributed by atoms with van der Waals surface area (Å²) in [6.07, 6.45) is 14.4. The second-order valence-corrected chi connectivity index (χ2v) is 8.08. The first-order valence-corrected chi connectivity index (χ1v) is 9.64. The van der Waals surface area contributed by atoms with Crippen LogP contribution in [0.3, 0.4) is 0 Å². The summed E-state index contributed by atoms with van der Waals surface area (Å²) in [5.74, 6) is 3.09. The molecule has 0 radical (unpaired) electrons. The van der Waals surface area contributed by atoms with Gasteiger partial charge in [-0.3, -0.25) is 0 Å². The van der Waals surface area contributed by atoms with Gasteiger partial charge in [-0.15, -0.1) is 0 Å². The normalized spacial score (nSPS) is 31.3. The number of hydrogen-bond donors (Lipinski definition) is 0. The Hall–Kier alpha value is -1.36. The van der Waals surface area contributed by atoms with Gasteiger partial charge in [-0.05, 0) is 68.3 Å². The first-order valence-electron chi connectivity index (χ1n) is 9.64. The van der Waals surface area contributed by atoms with Crippen LogP contribution in [0.4, 0.5) is 4.39 Å². The van der Waals surface area contributed by atoms with Crippen molar-refractivity contribution in [3.63, 3.8) is 0 Å². The fraction of sp³-hybridized carbons (Fsp3) is 0.682. The highest BCUT2D eigenvalue weighted by atomic mass is 19.1. The number of nitriles is 1. The third kappa shape index (κ3) is 5.62. The van der Waals surface area contributed by atoms with Gasteiger partial charge in [0.2, 0.25) is 0 Å². The highest BCUT2D eigenvalue weighted by Crippen LogP contribution is 2.42. The van der Waals surface area contributed by atoms with Crippen LogP contribution < -0.4 is 0 Å². The predicted molar refractivity (Wildman–Crippen MR) is 98.9 cm³/mol. The van der Waals surface area contributed by atoms with Crippen molar-refractivity contribution in [2.75, 3.05) is 0 Å². The molecule has 2 aliphatic rings. The minimum Gasteiger partial charge on any atom is -0.206 e. The molecule has 2 fully saturated rings. The Morgan fingerprint density at radius 2 is 1.58 bits per heavy atom. The van der Waals surface area contributed by atoms with E-state index in [4.69, 9.17) is 5.26 Å². The molecule has 0 aliphatic heterocycles. The van der Waals surface area contributed by atoms with E-state index in [0.29, 0.717) is 0 Å². The average molecular weight is 330 g/mol. The van der Waals surface area contributed by atoms with Gasteiger partial charge in [0.15, 0.2) is 0 Å². The highest BCUT2D eigenvalue weighted by Gasteiger charge is 2.29. The summed E-state index contributed by atoms with van der Waals surface area (Å²) >= 11 is 0. The van der Waals surface area contributed by atoms with Gasteiger partial charge >= 0.3 is 0 Å². The van der Waals surface area contributed by atoms with Crippen molar-refractivity contribution in [2.45, 2.75) is 71.1 Å². The molecule has 2 saturated carbocycles. The number of hydrogen-bond acceptors (Lipinski definition) is 1. The van der Waals surface area contributed by atoms with E-state index in [1.807, 2.05) is 0 Å². The SMILES string of the molecule is C=C(/C=C(/F)C(=C)C#N)CCC1CCC(C2CCC(C)CC2)CC1. The van der Waals surface area contributed by atoms with E-state index in [1.165, 1.54) is 57.4 Å². The second-order valence-electron chi connectivity index (χ2n) is 8.08. The Bertz CT molecular complexity index is 509. The van der Waals surface area contributed by atoms with Gasteiger partial charge in [-0.25, -0.2) is 4.39 Å². The first-order chi connectivity index (χ1) is 11.5. The zero-order valence-corrected chi connectivity index (χ0v) is 15.2. The molecule has 0 spiro atoms. The van der Waals surface area contributed by atoms with E-state index in [9.17, 15) is 4.39 Å². The molecular weight excluding hydrogens is 297 g/mol. The van der Waals surface area contributed by atoms with Crippen LogP contribution in [0, 0.1) is 35.0 Å². The van der Waals surface area contributed by atoms with Crippen LogP contribution in [0.15, 0.2) is 36.2 Å². The molecule has 0 saturated heterocycles. The maximum atomic E-state index is 13.6. The van der Waals surface area contributed by atoms with Crippen LogP contribution in [0.5, 0.6) is 0 Å². The van der Waals surface area contributed by atoms with Crippen molar-refractivity contribution < 1.29 is 4.39 Å². The monoisotopic (exact) mass is 329 g/mol. The number of rotatable bonds is 6. The van der Waals surface area contributed by atoms with Crippen LogP contribution >= 0.6 is 0 Å². The zero-order valence-electron chi connectivity index (χ0n) is 15.2. The van der Waals surface area contributed by atoms with E-state index in [-0.39, 0.29) is 5.57 Å². The summed E-state index contributed by atoms with van der Waals surface area (Å²) < 4.78 is 13.6. The quantitative estimate of drug-likeness (QED) is 0.384. The van der Waals surface area contributed by atoms with Crippen LogP contribution in [-0.2, 0) is 0 Å². The molecule has 0 bridgehead atoms. The third-order valence-electron chi connectivity index (χ3n) is 6.25. The smallest absolute Gasteiger partial charge is 0.140 e. The molecule has 0 heterocycles. The molecule has 0 N–H and O–H groups in total. The van der Waals surface area contributed by atoms with E-state index >= 15 is 0 Å². The summed E-state index contributed by atoms with van der Waals surface area (Å²) in [5, 5.41) is 8.64. The molecule has 1 nitrogen and oxygen atoms in total. The Morgan fingerprint density at radius 1 is 1.04 bits per heavy atom. The van der Waals surface area contributed by atoms with Crippen LogP contribution in [-0.4, -0.2) is 0 Å². The third-order valence-corrected chi connectivity index (χ3v) is 6.25. The lowest BCUT2D eigenvalue weighted by atomic mass is 9.69. The average Bonchev–Trinajstić information content (AvgIpc) is 2.60. The summed E-state index contributed by atoms with van der Waals surface area (Å²) in [6.45, 7) is 9.70. The molecule has 132 valence electrons. The molecule has 2 aliphatic carbocycles. The molecule has 0 unspecified atom stereocenters. The molecule has 2 heteroatoms. The van der Waals surface area contributed by atoms with Crippen molar-refractivity contribution in [2.24, 2.45) is 23.7 Å². The minimum atomic E-state index is -0.544. The van der Waals surface area contributed by atoms with Crippen LogP contribution in [0.25, 0.3) is 0 Å². The Kier molecular flexibility index (Phi) is 7.28. The molecule has 0 aromatic carbocycles. The molecule has 0 amide bonds. The summed E-state index contributed by atoms with van der Waals surface area (Å²) in [5.41, 5.74) is 0.658. The van der Waals surface area contributed by atoms with Gasteiger partial charge in [0.1, 0.15) is 11.9 Å². The number of halogens is 1. The van der Waals surface area contributed by atoms with Crippen LogP contribution in [0.2, 0.25) is 0 Å². The van der Waals surface area contributed by atoms with E-state index in [2.05, 4.69) is 20.1 Å². The zero-order chi connectivity index (χ0) is 17.5. The first kappa shape index (κ1) is 19.0. The fourth-order valence-corrected chi connectivity index (χ4v) is 4.49. The minimum absolute atomic E-state index is 0.113. The lowest BCUT2D eigenvalue weighted by Gasteiger charge is -2.37. The topological polar surface area (TPSA) is 23.8 Å². The predicted octanol–water partition coefficient (Wildman–Crippen LogP) is 6.89. The van der Waals surface area contributed by atoms with Gasteiger partial charge in [0.05, 0.1) is 5.57 Å². The molecule has 0 aromatic heterocycles. The largest absolute Gasteiger partial charge is 0.206 e.